The molecular formula is C23H17ClN2O3. The number of hydrogen-bond acceptors (Lipinski definition) is 4. The number of amides is 2. The van der Waals surface area contributed by atoms with Gasteiger partial charge in [-0.1, -0.05) is 66.2 Å². The molecule has 0 bridgehead atoms. The first kappa shape index (κ1) is 17.9. The summed E-state index contributed by atoms with van der Waals surface area (Å²) >= 11 is 6.49. The van der Waals surface area contributed by atoms with E-state index in [1.807, 2.05) is 54.6 Å². The van der Waals surface area contributed by atoms with E-state index >= 15 is 0 Å². The number of nitrogens with zero attached hydrogens (tertiary/aromatic N) is 2. The molecule has 0 spiro atoms. The summed E-state index contributed by atoms with van der Waals surface area (Å²) < 4.78 is 0. The van der Waals surface area contributed by atoms with Gasteiger partial charge in [0, 0.05) is 5.02 Å². The van der Waals surface area contributed by atoms with Crippen molar-refractivity contribution in [1.29, 1.82) is 0 Å². The van der Waals surface area contributed by atoms with Crippen LogP contribution in [0.15, 0.2) is 84.9 Å². The summed E-state index contributed by atoms with van der Waals surface area (Å²) in [6.07, 6.45) is -0.899. The van der Waals surface area contributed by atoms with Crippen molar-refractivity contribution in [2.45, 2.75) is 12.1 Å². The molecule has 2 saturated heterocycles. The summed E-state index contributed by atoms with van der Waals surface area (Å²) in [7, 11) is 0. The first-order chi connectivity index (χ1) is 14.2. The molecule has 0 aromatic heterocycles. The van der Waals surface area contributed by atoms with E-state index in [9.17, 15) is 9.59 Å². The normalized spacial score (nSPS) is 23.6. The fraction of sp³-hybridized carbons (Fsp3) is 0.130. The smallest absolute Gasteiger partial charge is 0.266 e. The molecule has 0 saturated carbocycles. The summed E-state index contributed by atoms with van der Waals surface area (Å²) in [5.74, 6) is -1.33. The van der Waals surface area contributed by atoms with E-state index in [-0.39, 0.29) is 11.8 Å². The number of halogens is 1. The molecule has 3 atom stereocenters. The van der Waals surface area contributed by atoms with Crippen LogP contribution in [0.5, 0.6) is 0 Å². The monoisotopic (exact) mass is 404 g/mol. The number of fused-ring (bicyclic) bond motifs is 1. The molecule has 3 aromatic carbocycles. The third-order valence-electron chi connectivity index (χ3n) is 5.36. The number of rotatable bonds is 3. The highest BCUT2D eigenvalue weighted by atomic mass is 35.5. The molecule has 2 aliphatic rings. The van der Waals surface area contributed by atoms with Gasteiger partial charge >= 0.3 is 0 Å². The van der Waals surface area contributed by atoms with Crippen LogP contribution in [0.4, 0.5) is 11.4 Å². The van der Waals surface area contributed by atoms with E-state index in [0.717, 1.165) is 11.3 Å². The van der Waals surface area contributed by atoms with Crippen molar-refractivity contribution in [3.63, 3.8) is 0 Å². The molecule has 2 aliphatic heterocycles. The Morgan fingerprint density at radius 2 is 1.31 bits per heavy atom. The number of anilines is 2. The third-order valence-corrected chi connectivity index (χ3v) is 5.71. The highest BCUT2D eigenvalue weighted by Crippen LogP contribution is 2.48. The van der Waals surface area contributed by atoms with E-state index in [4.69, 9.17) is 16.4 Å². The molecule has 5 nitrogen and oxygen atoms in total. The zero-order valence-corrected chi connectivity index (χ0v) is 16.1. The number of carbonyl (C=O) groups is 2. The van der Waals surface area contributed by atoms with Crippen molar-refractivity contribution < 1.29 is 14.4 Å². The molecule has 2 fully saturated rings. The predicted octanol–water partition coefficient (Wildman–Crippen LogP) is 4.39. The molecule has 0 aliphatic carbocycles. The molecule has 29 heavy (non-hydrogen) atoms. The van der Waals surface area contributed by atoms with Crippen molar-refractivity contribution in [1.82, 2.24) is 0 Å². The van der Waals surface area contributed by atoms with Crippen LogP contribution >= 0.6 is 11.6 Å². The highest BCUT2D eigenvalue weighted by molar-refractivity contribution is 6.31. The van der Waals surface area contributed by atoms with Crippen molar-refractivity contribution in [2.24, 2.45) is 5.92 Å². The van der Waals surface area contributed by atoms with Crippen LogP contribution in [-0.4, -0.2) is 17.9 Å². The molecule has 5 rings (SSSR count). The topological polar surface area (TPSA) is 49.9 Å². The lowest BCUT2D eigenvalue weighted by molar-refractivity contribution is -0.126. The van der Waals surface area contributed by atoms with Gasteiger partial charge in [-0.15, -0.1) is 0 Å². The summed E-state index contributed by atoms with van der Waals surface area (Å²) in [6, 6.07) is 25.2. The van der Waals surface area contributed by atoms with Crippen molar-refractivity contribution in [2.75, 3.05) is 9.96 Å². The Morgan fingerprint density at radius 3 is 1.97 bits per heavy atom. The summed E-state index contributed by atoms with van der Waals surface area (Å²) in [5, 5.41) is 2.18. The van der Waals surface area contributed by atoms with Crippen molar-refractivity contribution in [3.05, 3.63) is 95.5 Å². The average Bonchev–Trinajstić information content (AvgIpc) is 3.26. The van der Waals surface area contributed by atoms with Gasteiger partial charge in [0.25, 0.3) is 5.91 Å². The standard InChI is InChI=1S/C23H17ClN2O3/c24-18-14-8-7-13-17(18)20-19-21(29-26(20)16-11-5-2-6-12-16)23(28)25(22(19)27)15-9-3-1-4-10-15/h1-14,19-21H/t19-,20+,21+/m0/s1. The molecule has 3 aromatic rings. The number of imide groups is 1. The fourth-order valence-electron chi connectivity index (χ4n) is 4.08. The summed E-state index contributed by atoms with van der Waals surface area (Å²) in [4.78, 5) is 33.9. The van der Waals surface area contributed by atoms with Crippen LogP contribution in [0.2, 0.25) is 5.02 Å². The lowest BCUT2D eigenvalue weighted by atomic mass is 9.90. The SMILES string of the molecule is O=C1[C@H]2[C@@H](c3ccccc3Cl)N(c3ccccc3)O[C@H]2C(=O)N1c1ccccc1. The van der Waals surface area contributed by atoms with E-state index in [2.05, 4.69) is 0 Å². The minimum atomic E-state index is -0.899. The number of hydrogen-bond donors (Lipinski definition) is 0. The molecule has 6 heteroatoms. The lowest BCUT2D eigenvalue weighted by Gasteiger charge is -2.29. The average molecular weight is 405 g/mol. The first-order valence-electron chi connectivity index (χ1n) is 9.35. The van der Waals surface area contributed by atoms with Gasteiger partial charge in [-0.2, -0.15) is 0 Å². The second-order valence-corrected chi connectivity index (χ2v) is 7.43. The van der Waals surface area contributed by atoms with Gasteiger partial charge in [0.2, 0.25) is 5.91 Å². The van der Waals surface area contributed by atoms with Crippen LogP contribution in [0, 0.1) is 5.92 Å². The van der Waals surface area contributed by atoms with Gasteiger partial charge in [0.15, 0.2) is 6.10 Å². The molecule has 0 N–H and O–H groups in total. The van der Waals surface area contributed by atoms with Crippen LogP contribution < -0.4 is 9.96 Å². The van der Waals surface area contributed by atoms with Crippen LogP contribution in [0.3, 0.4) is 0 Å². The molecule has 144 valence electrons. The van der Waals surface area contributed by atoms with E-state index in [1.165, 1.54) is 4.90 Å². The number of para-hydroxylation sites is 2. The van der Waals surface area contributed by atoms with E-state index in [1.54, 1.807) is 35.4 Å². The van der Waals surface area contributed by atoms with E-state index < -0.39 is 18.1 Å². The Bertz CT molecular complexity index is 1070. The third kappa shape index (κ3) is 2.82. The number of benzene rings is 3. The minimum Gasteiger partial charge on any atom is -0.273 e. The Balaban J connectivity index is 1.62. The second kappa shape index (κ2) is 7.03. The first-order valence-corrected chi connectivity index (χ1v) is 9.73. The van der Waals surface area contributed by atoms with Gasteiger partial charge in [0.05, 0.1) is 17.4 Å². The van der Waals surface area contributed by atoms with Crippen molar-refractivity contribution in [3.8, 4) is 0 Å². The Morgan fingerprint density at radius 1 is 0.724 bits per heavy atom. The zero-order valence-electron chi connectivity index (χ0n) is 15.3. The Kier molecular flexibility index (Phi) is 4.34. The van der Waals surface area contributed by atoms with Crippen LogP contribution in [-0.2, 0) is 14.4 Å². The summed E-state index contributed by atoms with van der Waals surface area (Å²) in [5.41, 5.74) is 2.06. The largest absolute Gasteiger partial charge is 0.273 e. The van der Waals surface area contributed by atoms with Gasteiger partial charge in [-0.3, -0.25) is 14.4 Å². The fourth-order valence-corrected chi connectivity index (χ4v) is 4.32. The Labute approximate surface area is 173 Å². The van der Waals surface area contributed by atoms with Crippen molar-refractivity contribution >= 4 is 34.8 Å². The maximum Gasteiger partial charge on any atom is 0.266 e. The number of hydroxylamine groups is 1. The zero-order chi connectivity index (χ0) is 20.0. The molecular weight excluding hydrogens is 388 g/mol. The van der Waals surface area contributed by atoms with Gasteiger partial charge in [0.1, 0.15) is 5.92 Å². The van der Waals surface area contributed by atoms with Crippen LogP contribution in [0.1, 0.15) is 11.6 Å². The second-order valence-electron chi connectivity index (χ2n) is 7.03. The molecule has 0 radical (unpaired) electrons. The maximum atomic E-state index is 13.4. The molecule has 2 amide bonds. The van der Waals surface area contributed by atoms with Gasteiger partial charge in [-0.25, -0.2) is 9.96 Å². The van der Waals surface area contributed by atoms with E-state index in [0.29, 0.717) is 10.7 Å². The highest BCUT2D eigenvalue weighted by Gasteiger charge is 2.60. The van der Waals surface area contributed by atoms with Gasteiger partial charge in [-0.05, 0) is 35.9 Å². The maximum absolute atomic E-state index is 13.4. The lowest BCUT2D eigenvalue weighted by Crippen LogP contribution is -2.37. The summed E-state index contributed by atoms with van der Waals surface area (Å²) in [6.45, 7) is 0. The molecule has 0 unspecified atom stereocenters. The predicted molar refractivity (Wildman–Crippen MR) is 110 cm³/mol. The minimum absolute atomic E-state index is 0.283. The Hall–Kier alpha value is -3.15. The van der Waals surface area contributed by atoms with Gasteiger partial charge < -0.3 is 0 Å². The molecule has 2 heterocycles. The van der Waals surface area contributed by atoms with Crippen LogP contribution in [0.25, 0.3) is 0 Å². The number of carbonyl (C=O) groups excluding carboxylic acids is 2. The quantitative estimate of drug-likeness (QED) is 0.607.